The Bertz CT molecular complexity index is 1030. The van der Waals surface area contributed by atoms with Crippen molar-refractivity contribution in [3.8, 4) is 11.4 Å². The van der Waals surface area contributed by atoms with E-state index in [0.717, 1.165) is 47.6 Å². The first kappa shape index (κ1) is 22.2. The molecule has 8 heteroatoms. The van der Waals surface area contributed by atoms with Crippen LogP contribution in [0.25, 0.3) is 5.69 Å². The summed E-state index contributed by atoms with van der Waals surface area (Å²) in [6, 6.07) is 16.2. The molecule has 1 aliphatic rings. The van der Waals surface area contributed by atoms with Crippen molar-refractivity contribution in [2.45, 2.75) is 31.3 Å². The van der Waals surface area contributed by atoms with E-state index >= 15 is 0 Å². The van der Waals surface area contributed by atoms with Crippen molar-refractivity contribution in [1.29, 1.82) is 0 Å². The molecule has 1 fully saturated rings. The second-order valence-electron chi connectivity index (χ2n) is 7.88. The van der Waals surface area contributed by atoms with Gasteiger partial charge in [-0.05, 0) is 56.0 Å². The molecule has 4 rings (SSSR count). The third kappa shape index (κ3) is 5.43. The van der Waals surface area contributed by atoms with Crippen LogP contribution in [0.4, 0.5) is 5.95 Å². The third-order valence-electron chi connectivity index (χ3n) is 5.52. The number of carbonyl (C=O) groups excluding carboxylic acids is 1. The van der Waals surface area contributed by atoms with Gasteiger partial charge in [0, 0.05) is 19.6 Å². The summed E-state index contributed by atoms with van der Waals surface area (Å²) in [5.74, 6) is 1.98. The maximum Gasteiger partial charge on any atom is 0.232 e. The largest absolute Gasteiger partial charge is 0.497 e. The second-order valence-corrected chi connectivity index (χ2v) is 8.83. The Morgan fingerprint density at radius 1 is 1.06 bits per heavy atom. The lowest BCUT2D eigenvalue weighted by Crippen LogP contribution is -2.27. The molecule has 3 aromatic rings. The summed E-state index contributed by atoms with van der Waals surface area (Å²) < 4.78 is 7.25. The van der Waals surface area contributed by atoms with E-state index < -0.39 is 0 Å². The molecule has 0 radical (unpaired) electrons. The Kier molecular flexibility index (Phi) is 7.32. The molecule has 0 saturated carbocycles. The van der Waals surface area contributed by atoms with Crippen molar-refractivity contribution >= 4 is 23.6 Å². The first-order valence-corrected chi connectivity index (χ1v) is 11.9. The standard InChI is InChI=1S/C24H29N5O2S/c1-18-5-9-20(10-6-18)29-23(28-15-3-4-16-28)26-27-24(29)32-17-22(30)25-14-13-19-7-11-21(31-2)12-8-19/h5-12H,3-4,13-17H2,1-2H3,(H,25,30). The van der Waals surface area contributed by atoms with E-state index in [1.54, 1.807) is 7.11 Å². The predicted molar refractivity (Wildman–Crippen MR) is 128 cm³/mol. The average molecular weight is 452 g/mol. The van der Waals surface area contributed by atoms with Crippen LogP contribution in [0.3, 0.4) is 0 Å². The molecule has 0 bridgehead atoms. The highest BCUT2D eigenvalue weighted by molar-refractivity contribution is 7.99. The topological polar surface area (TPSA) is 72.3 Å². The number of aromatic nitrogens is 3. The number of rotatable bonds is 9. The predicted octanol–water partition coefficient (Wildman–Crippen LogP) is 3.64. The van der Waals surface area contributed by atoms with Crippen LogP contribution >= 0.6 is 11.8 Å². The van der Waals surface area contributed by atoms with Gasteiger partial charge in [-0.3, -0.25) is 9.36 Å². The number of ether oxygens (including phenoxy) is 1. The van der Waals surface area contributed by atoms with Crippen LogP contribution in [0.15, 0.2) is 53.7 Å². The van der Waals surface area contributed by atoms with Gasteiger partial charge in [0.2, 0.25) is 11.9 Å². The van der Waals surface area contributed by atoms with Crippen molar-refractivity contribution in [2.75, 3.05) is 37.4 Å². The first-order valence-electron chi connectivity index (χ1n) is 10.9. The number of hydrogen-bond acceptors (Lipinski definition) is 6. The molecule has 7 nitrogen and oxygen atoms in total. The van der Waals surface area contributed by atoms with Crippen molar-refractivity contribution in [1.82, 2.24) is 20.1 Å². The number of benzene rings is 2. The molecule has 32 heavy (non-hydrogen) atoms. The highest BCUT2D eigenvalue weighted by atomic mass is 32.2. The van der Waals surface area contributed by atoms with E-state index in [1.165, 1.54) is 30.2 Å². The Morgan fingerprint density at radius 3 is 2.47 bits per heavy atom. The van der Waals surface area contributed by atoms with Gasteiger partial charge >= 0.3 is 0 Å². The van der Waals surface area contributed by atoms with Crippen LogP contribution in [-0.2, 0) is 11.2 Å². The van der Waals surface area contributed by atoms with E-state index in [1.807, 2.05) is 24.3 Å². The van der Waals surface area contributed by atoms with Gasteiger partial charge in [0.05, 0.1) is 18.6 Å². The number of nitrogens with zero attached hydrogens (tertiary/aromatic N) is 4. The molecule has 168 valence electrons. The number of nitrogens with one attached hydrogen (secondary N) is 1. The molecule has 1 aliphatic heterocycles. The first-order chi connectivity index (χ1) is 15.6. The maximum atomic E-state index is 12.4. The molecule has 1 saturated heterocycles. The number of carbonyl (C=O) groups is 1. The maximum absolute atomic E-state index is 12.4. The highest BCUT2D eigenvalue weighted by Crippen LogP contribution is 2.28. The van der Waals surface area contributed by atoms with Crippen LogP contribution < -0.4 is 15.0 Å². The van der Waals surface area contributed by atoms with Crippen LogP contribution in [-0.4, -0.2) is 53.2 Å². The minimum atomic E-state index is -0.00955. The zero-order valence-corrected chi connectivity index (χ0v) is 19.4. The molecule has 0 unspecified atom stereocenters. The van der Waals surface area contributed by atoms with E-state index in [4.69, 9.17) is 4.74 Å². The van der Waals surface area contributed by atoms with Crippen molar-refractivity contribution in [3.05, 3.63) is 59.7 Å². The molecule has 0 aliphatic carbocycles. The average Bonchev–Trinajstić information content (AvgIpc) is 3.49. The molecule has 2 aromatic carbocycles. The lowest BCUT2D eigenvalue weighted by molar-refractivity contribution is -0.118. The molecule has 1 amide bonds. The van der Waals surface area contributed by atoms with E-state index in [9.17, 15) is 4.79 Å². The van der Waals surface area contributed by atoms with E-state index in [-0.39, 0.29) is 5.91 Å². The molecule has 0 spiro atoms. The van der Waals surface area contributed by atoms with Crippen molar-refractivity contribution in [2.24, 2.45) is 0 Å². The van der Waals surface area contributed by atoms with Gasteiger partial charge in [0.1, 0.15) is 5.75 Å². The van der Waals surface area contributed by atoms with E-state index in [0.29, 0.717) is 12.3 Å². The molecule has 2 heterocycles. The summed E-state index contributed by atoms with van der Waals surface area (Å²) in [7, 11) is 1.65. The SMILES string of the molecule is COc1ccc(CCNC(=O)CSc2nnc(N3CCCC3)n2-c2ccc(C)cc2)cc1. The summed E-state index contributed by atoms with van der Waals surface area (Å²) in [5, 5.41) is 12.6. The fourth-order valence-electron chi connectivity index (χ4n) is 3.72. The summed E-state index contributed by atoms with van der Waals surface area (Å²) in [5.41, 5.74) is 3.38. The molecule has 1 N–H and O–H groups in total. The van der Waals surface area contributed by atoms with Crippen LogP contribution in [0.2, 0.25) is 0 Å². The number of anilines is 1. The number of thioether (sulfide) groups is 1. The number of hydrogen-bond donors (Lipinski definition) is 1. The Labute approximate surface area is 193 Å². The van der Waals surface area contributed by atoms with Gasteiger partial charge in [0.25, 0.3) is 0 Å². The fourth-order valence-corrected chi connectivity index (χ4v) is 4.49. The third-order valence-corrected chi connectivity index (χ3v) is 6.45. The molecular formula is C24H29N5O2S. The minimum absolute atomic E-state index is 0.00955. The van der Waals surface area contributed by atoms with Crippen LogP contribution in [0.5, 0.6) is 5.75 Å². The smallest absolute Gasteiger partial charge is 0.232 e. The van der Waals surface area contributed by atoms with Crippen LogP contribution in [0, 0.1) is 6.92 Å². The highest BCUT2D eigenvalue weighted by Gasteiger charge is 2.22. The fraction of sp³-hybridized carbons (Fsp3) is 0.375. The molecular weight excluding hydrogens is 422 g/mol. The monoisotopic (exact) mass is 451 g/mol. The van der Waals surface area contributed by atoms with E-state index in [2.05, 4.69) is 56.2 Å². The van der Waals surface area contributed by atoms with Gasteiger partial charge in [-0.25, -0.2) is 0 Å². The van der Waals surface area contributed by atoms with Crippen molar-refractivity contribution in [3.63, 3.8) is 0 Å². The number of methoxy groups -OCH3 is 1. The number of aryl methyl sites for hydroxylation is 1. The summed E-state index contributed by atoms with van der Waals surface area (Å²) in [6.45, 7) is 4.64. The summed E-state index contributed by atoms with van der Waals surface area (Å²) in [6.07, 6.45) is 3.11. The lowest BCUT2D eigenvalue weighted by Gasteiger charge is -2.18. The van der Waals surface area contributed by atoms with Gasteiger partial charge in [-0.2, -0.15) is 0 Å². The Balaban J connectivity index is 1.37. The van der Waals surface area contributed by atoms with Crippen molar-refractivity contribution < 1.29 is 9.53 Å². The summed E-state index contributed by atoms with van der Waals surface area (Å²) >= 11 is 1.42. The zero-order chi connectivity index (χ0) is 22.3. The lowest BCUT2D eigenvalue weighted by atomic mass is 10.1. The number of amides is 1. The zero-order valence-electron chi connectivity index (χ0n) is 18.6. The second kappa shape index (κ2) is 10.5. The van der Waals surface area contributed by atoms with Gasteiger partial charge in [-0.1, -0.05) is 41.6 Å². The normalized spacial score (nSPS) is 13.4. The molecule has 1 aromatic heterocycles. The van der Waals surface area contributed by atoms with Gasteiger partial charge in [0.15, 0.2) is 5.16 Å². The van der Waals surface area contributed by atoms with Crippen LogP contribution in [0.1, 0.15) is 24.0 Å². The quantitative estimate of drug-likeness (QED) is 0.501. The molecule has 0 atom stereocenters. The minimum Gasteiger partial charge on any atom is -0.497 e. The van der Waals surface area contributed by atoms with Gasteiger partial charge in [-0.15, -0.1) is 10.2 Å². The van der Waals surface area contributed by atoms with Gasteiger partial charge < -0.3 is 15.0 Å². The summed E-state index contributed by atoms with van der Waals surface area (Å²) in [4.78, 5) is 14.7. The Hall–Kier alpha value is -3.00. The Morgan fingerprint density at radius 2 is 1.78 bits per heavy atom.